The normalized spacial score (nSPS) is 20.5. The summed E-state index contributed by atoms with van der Waals surface area (Å²) in [5.41, 5.74) is 11.0. The first-order valence-electron chi connectivity index (χ1n) is 11.8. The van der Waals surface area contributed by atoms with Crippen LogP contribution >= 0.6 is 0 Å². The van der Waals surface area contributed by atoms with Crippen LogP contribution in [0.2, 0.25) is 0 Å². The van der Waals surface area contributed by atoms with Gasteiger partial charge in [-0.3, -0.25) is 9.98 Å². The van der Waals surface area contributed by atoms with Crippen molar-refractivity contribution in [2.75, 3.05) is 14.1 Å². The summed E-state index contributed by atoms with van der Waals surface area (Å²) in [6.07, 6.45) is 12.3. The second-order valence-corrected chi connectivity index (χ2v) is 10.6. The zero-order valence-corrected chi connectivity index (χ0v) is 23.0. The number of aliphatic imine (C=N–C) groups is 2. The van der Waals surface area contributed by atoms with E-state index in [0.717, 1.165) is 23.4 Å². The minimum Gasteiger partial charge on any atom is -0.286 e. The summed E-state index contributed by atoms with van der Waals surface area (Å²) in [5, 5.41) is 0. The van der Waals surface area contributed by atoms with Crippen molar-refractivity contribution in [2.24, 2.45) is 20.8 Å². The fourth-order valence-electron chi connectivity index (χ4n) is 3.46. The standard InChI is InChI=1S/C30H46N2/c1-14-30(10,11)24(6)18-16-21(3)26-22(4)19-25(27(31-12)28(26)32-13)20(2)15-17-23(5)29(7,8)9/h15-19H,14H2,1-13H3/b20-15+,21-16+,23-17+,24-18+,31-27-,32-28-. The molecule has 1 rings (SSSR count). The number of nitrogens with zero attached hydrogens (tertiary/aromatic N) is 2. The molecule has 2 heteroatoms. The Bertz CT molecular complexity index is 959. The van der Waals surface area contributed by atoms with Crippen molar-refractivity contribution in [1.82, 2.24) is 0 Å². The molecule has 0 heterocycles. The Hall–Kier alpha value is -2.22. The summed E-state index contributed by atoms with van der Waals surface area (Å²) in [7, 11) is 3.73. The minimum absolute atomic E-state index is 0.165. The summed E-state index contributed by atoms with van der Waals surface area (Å²) >= 11 is 0. The summed E-state index contributed by atoms with van der Waals surface area (Å²) < 4.78 is 0. The van der Waals surface area contributed by atoms with Gasteiger partial charge in [0.25, 0.3) is 0 Å². The van der Waals surface area contributed by atoms with Gasteiger partial charge in [0.2, 0.25) is 0 Å². The minimum atomic E-state index is 0.165. The molecule has 0 atom stereocenters. The van der Waals surface area contributed by atoms with Gasteiger partial charge < -0.3 is 0 Å². The molecule has 32 heavy (non-hydrogen) atoms. The Kier molecular flexibility index (Phi) is 9.63. The quantitative estimate of drug-likeness (QED) is 0.295. The molecule has 0 amide bonds. The van der Waals surface area contributed by atoms with Gasteiger partial charge in [-0.15, -0.1) is 0 Å². The van der Waals surface area contributed by atoms with E-state index in [-0.39, 0.29) is 10.8 Å². The van der Waals surface area contributed by atoms with Gasteiger partial charge in [0, 0.05) is 25.2 Å². The molecule has 0 fully saturated rings. The molecule has 0 unspecified atom stereocenters. The van der Waals surface area contributed by atoms with Crippen molar-refractivity contribution in [3.63, 3.8) is 0 Å². The lowest BCUT2D eigenvalue weighted by Gasteiger charge is -2.25. The van der Waals surface area contributed by atoms with Crippen molar-refractivity contribution in [3.05, 3.63) is 69.4 Å². The number of rotatable bonds is 6. The molecule has 176 valence electrons. The average molecular weight is 435 g/mol. The molecule has 1 aliphatic carbocycles. The lowest BCUT2D eigenvalue weighted by Crippen LogP contribution is -2.25. The van der Waals surface area contributed by atoms with Crippen LogP contribution in [0.5, 0.6) is 0 Å². The number of allylic oxidation sites excluding steroid dienone is 12. The fourth-order valence-corrected chi connectivity index (χ4v) is 3.46. The second kappa shape index (κ2) is 11.1. The topological polar surface area (TPSA) is 24.7 Å². The average Bonchev–Trinajstić information content (AvgIpc) is 2.73. The maximum Gasteiger partial charge on any atom is 0.0906 e. The Morgan fingerprint density at radius 3 is 1.75 bits per heavy atom. The van der Waals surface area contributed by atoms with Crippen LogP contribution < -0.4 is 0 Å². The van der Waals surface area contributed by atoms with Crippen molar-refractivity contribution in [3.8, 4) is 0 Å². The molecule has 0 radical (unpaired) electrons. The molecular weight excluding hydrogens is 388 g/mol. The van der Waals surface area contributed by atoms with E-state index in [1.54, 1.807) is 0 Å². The van der Waals surface area contributed by atoms with Crippen LogP contribution in [0.25, 0.3) is 0 Å². The monoisotopic (exact) mass is 434 g/mol. The van der Waals surface area contributed by atoms with E-state index in [0.29, 0.717) is 0 Å². The lowest BCUT2D eigenvalue weighted by atomic mass is 9.81. The molecule has 0 spiro atoms. The molecule has 1 aliphatic rings. The lowest BCUT2D eigenvalue weighted by molar-refractivity contribution is 0.429. The fraction of sp³-hybridized carbons (Fsp3) is 0.533. The first kappa shape index (κ1) is 27.8. The molecule has 0 aliphatic heterocycles. The van der Waals surface area contributed by atoms with Crippen LogP contribution in [0.15, 0.2) is 79.4 Å². The predicted molar refractivity (Wildman–Crippen MR) is 146 cm³/mol. The third-order valence-electron chi connectivity index (χ3n) is 7.04. The SMILES string of the molecule is CCC(C)(C)/C(C)=C/C=C(\C)C1=C(C)C=C(/C(C)=C/C=C(\C)C(C)(C)C)C(=N/C)/C1=N\C. The molecule has 0 N–H and O–H groups in total. The van der Waals surface area contributed by atoms with Crippen LogP contribution in [-0.2, 0) is 0 Å². The van der Waals surface area contributed by atoms with Crippen molar-refractivity contribution in [1.29, 1.82) is 0 Å². The zero-order valence-electron chi connectivity index (χ0n) is 23.0. The Balaban J connectivity index is 3.57. The van der Waals surface area contributed by atoms with Crippen molar-refractivity contribution >= 4 is 11.4 Å². The van der Waals surface area contributed by atoms with E-state index >= 15 is 0 Å². The largest absolute Gasteiger partial charge is 0.286 e. The van der Waals surface area contributed by atoms with E-state index in [9.17, 15) is 0 Å². The van der Waals surface area contributed by atoms with Gasteiger partial charge in [-0.25, -0.2) is 0 Å². The highest BCUT2D eigenvalue weighted by atomic mass is 14.8. The highest BCUT2D eigenvalue weighted by Gasteiger charge is 2.25. The maximum absolute atomic E-state index is 4.69. The van der Waals surface area contributed by atoms with Crippen LogP contribution in [-0.4, -0.2) is 25.5 Å². The summed E-state index contributed by atoms with van der Waals surface area (Å²) in [4.78, 5) is 9.37. The van der Waals surface area contributed by atoms with Crippen molar-refractivity contribution in [2.45, 2.75) is 82.6 Å². The Labute approximate surface area is 198 Å². The van der Waals surface area contributed by atoms with Gasteiger partial charge in [0.1, 0.15) is 0 Å². The van der Waals surface area contributed by atoms with Gasteiger partial charge in [0.15, 0.2) is 0 Å². The molecule has 2 nitrogen and oxygen atoms in total. The van der Waals surface area contributed by atoms with Crippen LogP contribution in [0.4, 0.5) is 0 Å². The molecular formula is C30H46N2. The number of hydrogen-bond acceptors (Lipinski definition) is 2. The molecule has 0 saturated carbocycles. The third-order valence-corrected chi connectivity index (χ3v) is 7.04. The first-order chi connectivity index (χ1) is 14.7. The summed E-state index contributed by atoms with van der Waals surface area (Å²) in [5.74, 6) is 0. The molecule has 0 saturated heterocycles. The van der Waals surface area contributed by atoms with Crippen LogP contribution in [0.1, 0.15) is 82.6 Å². The van der Waals surface area contributed by atoms with Gasteiger partial charge in [-0.2, -0.15) is 0 Å². The van der Waals surface area contributed by atoms with E-state index in [1.165, 1.54) is 33.4 Å². The van der Waals surface area contributed by atoms with E-state index in [1.807, 2.05) is 14.1 Å². The molecule has 0 bridgehead atoms. The van der Waals surface area contributed by atoms with Crippen LogP contribution in [0, 0.1) is 10.8 Å². The Morgan fingerprint density at radius 2 is 1.28 bits per heavy atom. The van der Waals surface area contributed by atoms with Gasteiger partial charge >= 0.3 is 0 Å². The smallest absolute Gasteiger partial charge is 0.0906 e. The highest BCUT2D eigenvalue weighted by molar-refractivity contribution is 6.56. The third kappa shape index (κ3) is 6.64. The van der Waals surface area contributed by atoms with Crippen LogP contribution in [0.3, 0.4) is 0 Å². The van der Waals surface area contributed by atoms with E-state index in [2.05, 4.69) is 112 Å². The zero-order chi connectivity index (χ0) is 24.9. The maximum atomic E-state index is 4.69. The van der Waals surface area contributed by atoms with E-state index < -0.39 is 0 Å². The second-order valence-electron chi connectivity index (χ2n) is 10.6. The molecule has 0 aromatic rings. The Morgan fingerprint density at radius 1 is 0.781 bits per heavy atom. The van der Waals surface area contributed by atoms with Gasteiger partial charge in [-0.1, -0.05) is 77.0 Å². The first-order valence-corrected chi connectivity index (χ1v) is 11.8. The summed E-state index contributed by atoms with van der Waals surface area (Å²) in [6, 6.07) is 0. The molecule has 0 aromatic heterocycles. The van der Waals surface area contributed by atoms with Crippen molar-refractivity contribution < 1.29 is 0 Å². The number of hydrogen-bond donors (Lipinski definition) is 0. The summed E-state index contributed by atoms with van der Waals surface area (Å²) in [6.45, 7) is 24.5. The van der Waals surface area contributed by atoms with Gasteiger partial charge in [0.05, 0.1) is 11.4 Å². The predicted octanol–water partition coefficient (Wildman–Crippen LogP) is 8.65. The van der Waals surface area contributed by atoms with E-state index in [4.69, 9.17) is 4.99 Å². The highest BCUT2D eigenvalue weighted by Crippen LogP contribution is 2.32. The molecule has 0 aromatic carbocycles. The van der Waals surface area contributed by atoms with Gasteiger partial charge in [-0.05, 0) is 74.7 Å².